The largest absolute Gasteiger partial charge is 0.494 e. The van der Waals surface area contributed by atoms with Crippen molar-refractivity contribution in [2.45, 2.75) is 13.3 Å². The van der Waals surface area contributed by atoms with Gasteiger partial charge in [-0.1, -0.05) is 17.2 Å². The number of hydrogen-bond acceptors (Lipinski definition) is 2. The number of nitrogens with zero attached hydrogens (tertiary/aromatic N) is 3. The molecule has 0 aromatic heterocycles. The molecule has 14 heavy (non-hydrogen) atoms. The van der Waals surface area contributed by atoms with E-state index in [0.29, 0.717) is 13.2 Å². The van der Waals surface area contributed by atoms with Gasteiger partial charge >= 0.3 is 0 Å². The number of rotatable bonds is 5. The van der Waals surface area contributed by atoms with Crippen molar-refractivity contribution < 1.29 is 4.74 Å². The van der Waals surface area contributed by atoms with E-state index in [9.17, 15) is 0 Å². The van der Waals surface area contributed by atoms with Gasteiger partial charge in [0.05, 0.1) is 6.61 Å². The molecular formula is C10H13N3O. The highest BCUT2D eigenvalue weighted by atomic mass is 16.5. The Hall–Kier alpha value is -1.67. The zero-order valence-electron chi connectivity index (χ0n) is 8.18. The Morgan fingerprint density at radius 2 is 2.36 bits per heavy atom. The van der Waals surface area contributed by atoms with Crippen LogP contribution in [0.25, 0.3) is 10.4 Å². The Morgan fingerprint density at radius 3 is 3.07 bits per heavy atom. The summed E-state index contributed by atoms with van der Waals surface area (Å²) in [7, 11) is 0. The van der Waals surface area contributed by atoms with Crippen LogP contribution in [0.1, 0.15) is 12.5 Å². The lowest BCUT2D eigenvalue weighted by Gasteiger charge is -2.04. The molecule has 0 radical (unpaired) electrons. The fourth-order valence-corrected chi connectivity index (χ4v) is 1.18. The first-order valence-corrected chi connectivity index (χ1v) is 4.59. The topological polar surface area (TPSA) is 58.0 Å². The number of azide groups is 1. The maximum Gasteiger partial charge on any atom is 0.119 e. The molecule has 0 aliphatic rings. The summed E-state index contributed by atoms with van der Waals surface area (Å²) in [4.78, 5) is 2.70. The van der Waals surface area contributed by atoms with Gasteiger partial charge in [0.25, 0.3) is 0 Å². The van der Waals surface area contributed by atoms with Gasteiger partial charge in [-0.3, -0.25) is 0 Å². The van der Waals surface area contributed by atoms with Gasteiger partial charge in [-0.05, 0) is 36.6 Å². The predicted octanol–water partition coefficient (Wildman–Crippen LogP) is 2.94. The Bertz CT molecular complexity index is 332. The van der Waals surface area contributed by atoms with Gasteiger partial charge in [-0.2, -0.15) is 0 Å². The molecule has 0 N–H and O–H groups in total. The summed E-state index contributed by atoms with van der Waals surface area (Å²) in [6.45, 7) is 3.11. The maximum atomic E-state index is 8.12. The lowest BCUT2D eigenvalue weighted by Crippen LogP contribution is -1.93. The highest BCUT2D eigenvalue weighted by Crippen LogP contribution is 2.13. The van der Waals surface area contributed by atoms with Crippen LogP contribution in [-0.4, -0.2) is 13.2 Å². The van der Waals surface area contributed by atoms with E-state index < -0.39 is 0 Å². The van der Waals surface area contributed by atoms with E-state index >= 15 is 0 Å². The van der Waals surface area contributed by atoms with Crippen molar-refractivity contribution in [1.82, 2.24) is 0 Å². The first-order valence-electron chi connectivity index (χ1n) is 4.59. The highest BCUT2D eigenvalue weighted by Gasteiger charge is 1.95. The van der Waals surface area contributed by atoms with Crippen molar-refractivity contribution in [3.63, 3.8) is 0 Å². The second kappa shape index (κ2) is 5.89. The van der Waals surface area contributed by atoms with Crippen LogP contribution in [0.15, 0.2) is 29.4 Å². The van der Waals surface area contributed by atoms with Gasteiger partial charge in [0.1, 0.15) is 5.75 Å². The molecule has 4 nitrogen and oxygen atoms in total. The van der Waals surface area contributed by atoms with Crippen LogP contribution in [-0.2, 0) is 6.42 Å². The molecule has 0 fully saturated rings. The van der Waals surface area contributed by atoms with Crippen LogP contribution in [0.2, 0.25) is 0 Å². The predicted molar refractivity (Wildman–Crippen MR) is 55.3 cm³/mol. The van der Waals surface area contributed by atoms with Crippen LogP contribution in [0.5, 0.6) is 5.75 Å². The zero-order valence-corrected chi connectivity index (χ0v) is 8.18. The summed E-state index contributed by atoms with van der Waals surface area (Å²) in [5.41, 5.74) is 9.24. The molecule has 1 aromatic carbocycles. The quantitative estimate of drug-likeness (QED) is 0.401. The average molecular weight is 191 g/mol. The van der Waals surface area contributed by atoms with E-state index in [0.717, 1.165) is 17.7 Å². The Balaban J connectivity index is 2.58. The van der Waals surface area contributed by atoms with Crippen LogP contribution >= 0.6 is 0 Å². The Labute approximate surface area is 83.1 Å². The number of hydrogen-bond donors (Lipinski definition) is 0. The monoisotopic (exact) mass is 191 g/mol. The minimum atomic E-state index is 0.492. The molecule has 0 heterocycles. The Morgan fingerprint density at radius 1 is 1.50 bits per heavy atom. The van der Waals surface area contributed by atoms with Gasteiger partial charge in [-0.25, -0.2) is 0 Å². The lowest BCUT2D eigenvalue weighted by molar-refractivity contribution is 0.340. The van der Waals surface area contributed by atoms with Crippen LogP contribution < -0.4 is 4.74 Å². The minimum absolute atomic E-state index is 0.492. The van der Waals surface area contributed by atoms with E-state index in [2.05, 4.69) is 10.0 Å². The summed E-state index contributed by atoms with van der Waals surface area (Å²) in [5, 5.41) is 3.48. The first kappa shape index (κ1) is 10.4. The molecule has 4 heteroatoms. The standard InChI is InChI=1S/C10H13N3O/c1-2-14-10-5-3-4-9(8-10)6-7-12-13-11/h3-5,8H,2,6-7H2,1H3. The lowest BCUT2D eigenvalue weighted by atomic mass is 10.1. The smallest absolute Gasteiger partial charge is 0.119 e. The van der Waals surface area contributed by atoms with E-state index in [4.69, 9.17) is 10.3 Å². The van der Waals surface area contributed by atoms with Crippen LogP contribution in [0.3, 0.4) is 0 Å². The molecule has 0 saturated carbocycles. The molecule has 0 saturated heterocycles. The van der Waals surface area contributed by atoms with Crippen molar-refractivity contribution >= 4 is 0 Å². The fourth-order valence-electron chi connectivity index (χ4n) is 1.18. The van der Waals surface area contributed by atoms with E-state index in [-0.39, 0.29) is 0 Å². The summed E-state index contributed by atoms with van der Waals surface area (Å²) in [6, 6.07) is 7.82. The van der Waals surface area contributed by atoms with Gasteiger partial charge < -0.3 is 4.74 Å². The molecule has 0 bridgehead atoms. The molecule has 0 unspecified atom stereocenters. The summed E-state index contributed by atoms with van der Waals surface area (Å²) in [6.07, 6.45) is 0.755. The van der Waals surface area contributed by atoms with Gasteiger partial charge in [0, 0.05) is 11.5 Å². The van der Waals surface area contributed by atoms with Gasteiger partial charge in [0.15, 0.2) is 0 Å². The number of ether oxygens (including phenoxy) is 1. The second-order valence-corrected chi connectivity index (χ2v) is 2.78. The SMILES string of the molecule is CCOc1cccc(CCN=[N+]=[N-])c1. The van der Waals surface area contributed by atoms with Crippen molar-refractivity contribution in [2.75, 3.05) is 13.2 Å². The fraction of sp³-hybridized carbons (Fsp3) is 0.400. The normalized spacial score (nSPS) is 9.21. The average Bonchev–Trinajstić information content (AvgIpc) is 2.19. The summed E-state index contributed by atoms with van der Waals surface area (Å²) < 4.78 is 5.35. The van der Waals surface area contributed by atoms with E-state index in [1.54, 1.807) is 0 Å². The first-order chi connectivity index (χ1) is 6.86. The van der Waals surface area contributed by atoms with E-state index in [1.807, 2.05) is 31.2 Å². The molecule has 1 aromatic rings. The van der Waals surface area contributed by atoms with Crippen LogP contribution in [0.4, 0.5) is 0 Å². The molecule has 0 aliphatic carbocycles. The number of benzene rings is 1. The molecule has 0 spiro atoms. The zero-order chi connectivity index (χ0) is 10.2. The van der Waals surface area contributed by atoms with Crippen molar-refractivity contribution in [2.24, 2.45) is 5.11 Å². The molecular weight excluding hydrogens is 178 g/mol. The third-order valence-electron chi connectivity index (χ3n) is 1.77. The summed E-state index contributed by atoms with van der Waals surface area (Å²) >= 11 is 0. The third-order valence-corrected chi connectivity index (χ3v) is 1.77. The molecule has 0 atom stereocenters. The molecule has 0 amide bonds. The Kier molecular flexibility index (Phi) is 4.38. The summed E-state index contributed by atoms with van der Waals surface area (Å²) in [5.74, 6) is 0.867. The van der Waals surface area contributed by atoms with Gasteiger partial charge in [-0.15, -0.1) is 0 Å². The van der Waals surface area contributed by atoms with Crippen LogP contribution in [0, 0.1) is 0 Å². The maximum absolute atomic E-state index is 8.12. The third kappa shape index (κ3) is 3.37. The molecule has 0 aliphatic heterocycles. The van der Waals surface area contributed by atoms with Crippen molar-refractivity contribution in [3.05, 3.63) is 40.3 Å². The van der Waals surface area contributed by atoms with E-state index in [1.165, 1.54) is 0 Å². The second-order valence-electron chi connectivity index (χ2n) is 2.78. The van der Waals surface area contributed by atoms with Crippen molar-refractivity contribution in [3.8, 4) is 5.75 Å². The minimum Gasteiger partial charge on any atom is -0.494 e. The molecule has 1 rings (SSSR count). The molecule has 74 valence electrons. The highest BCUT2D eigenvalue weighted by molar-refractivity contribution is 5.28. The van der Waals surface area contributed by atoms with Crippen molar-refractivity contribution in [1.29, 1.82) is 0 Å². The van der Waals surface area contributed by atoms with Gasteiger partial charge in [0.2, 0.25) is 0 Å².